The highest BCUT2D eigenvalue weighted by atomic mass is 35.5. The third-order valence-electron chi connectivity index (χ3n) is 3.38. The predicted molar refractivity (Wildman–Crippen MR) is 93.7 cm³/mol. The number of amides is 1. The summed E-state index contributed by atoms with van der Waals surface area (Å²) in [5, 5.41) is 1.86. The lowest BCUT2D eigenvalue weighted by Gasteiger charge is -2.24. The van der Waals surface area contributed by atoms with Crippen molar-refractivity contribution in [2.75, 3.05) is 22.4 Å². The highest BCUT2D eigenvalue weighted by Crippen LogP contribution is 2.36. The van der Waals surface area contributed by atoms with E-state index in [-0.39, 0.29) is 10.7 Å². The van der Waals surface area contributed by atoms with Crippen LogP contribution >= 0.6 is 11.6 Å². The van der Waals surface area contributed by atoms with E-state index in [1.807, 2.05) is 0 Å². The minimum atomic E-state index is -4.74. The number of alkyl halides is 3. The van der Waals surface area contributed by atoms with Crippen LogP contribution in [-0.2, 0) is 21.0 Å². The molecule has 0 aromatic heterocycles. The maximum atomic E-state index is 13.6. The molecule has 11 heteroatoms. The zero-order valence-electron chi connectivity index (χ0n) is 13.7. The van der Waals surface area contributed by atoms with Gasteiger partial charge in [-0.2, -0.15) is 13.2 Å². The van der Waals surface area contributed by atoms with E-state index in [9.17, 15) is 30.8 Å². The number of benzene rings is 2. The van der Waals surface area contributed by atoms with Gasteiger partial charge >= 0.3 is 6.18 Å². The van der Waals surface area contributed by atoms with Crippen molar-refractivity contribution in [3.63, 3.8) is 0 Å². The topological polar surface area (TPSA) is 66.5 Å². The first kappa shape index (κ1) is 21.0. The van der Waals surface area contributed by atoms with Gasteiger partial charge < -0.3 is 5.32 Å². The van der Waals surface area contributed by atoms with Crippen molar-refractivity contribution in [2.24, 2.45) is 0 Å². The summed E-state index contributed by atoms with van der Waals surface area (Å²) in [4.78, 5) is 12.1. The van der Waals surface area contributed by atoms with Crippen LogP contribution in [0.15, 0.2) is 42.5 Å². The van der Waals surface area contributed by atoms with Gasteiger partial charge in [-0.1, -0.05) is 23.7 Å². The van der Waals surface area contributed by atoms with Crippen molar-refractivity contribution in [3.05, 3.63) is 58.9 Å². The molecule has 146 valence electrons. The standard InChI is InChI=1S/C16H13ClF4N2O3S/c1-27(25,26)23(9-15(24)22-13-5-3-2-4-12(13)18)14-8-10(16(19,20)21)6-7-11(14)17/h2-8H,9H2,1H3,(H,22,24). The molecule has 0 saturated carbocycles. The average molecular weight is 425 g/mol. The Balaban J connectivity index is 2.37. The second-order valence-corrected chi connectivity index (χ2v) is 7.78. The van der Waals surface area contributed by atoms with Gasteiger partial charge in [0.1, 0.15) is 12.4 Å². The SMILES string of the molecule is CS(=O)(=O)N(CC(=O)Nc1ccccc1F)c1cc(C(F)(F)F)ccc1Cl. The van der Waals surface area contributed by atoms with Gasteiger partial charge in [-0.05, 0) is 30.3 Å². The second kappa shape index (κ2) is 7.73. The zero-order valence-corrected chi connectivity index (χ0v) is 15.3. The number of para-hydroxylation sites is 1. The van der Waals surface area contributed by atoms with E-state index in [0.29, 0.717) is 22.7 Å². The van der Waals surface area contributed by atoms with Crippen molar-refractivity contribution >= 4 is 38.9 Å². The Morgan fingerprint density at radius 2 is 1.81 bits per heavy atom. The Kier molecular flexibility index (Phi) is 6.01. The Bertz CT molecular complexity index is 964. The fourth-order valence-electron chi connectivity index (χ4n) is 2.14. The number of carbonyl (C=O) groups excluding carboxylic acids is 1. The summed E-state index contributed by atoms with van der Waals surface area (Å²) in [6.07, 6.45) is -4.03. The van der Waals surface area contributed by atoms with Gasteiger partial charge in [0.15, 0.2) is 0 Å². The lowest BCUT2D eigenvalue weighted by atomic mass is 10.2. The molecular weight excluding hydrogens is 412 g/mol. The maximum absolute atomic E-state index is 13.6. The maximum Gasteiger partial charge on any atom is 0.416 e. The number of nitrogens with one attached hydrogen (secondary N) is 1. The molecule has 0 aliphatic rings. The Morgan fingerprint density at radius 1 is 1.19 bits per heavy atom. The molecule has 2 aromatic rings. The monoisotopic (exact) mass is 424 g/mol. The molecular formula is C16H13ClF4N2O3S. The van der Waals surface area contributed by atoms with Crippen molar-refractivity contribution in [2.45, 2.75) is 6.18 Å². The van der Waals surface area contributed by atoms with Crippen molar-refractivity contribution in [3.8, 4) is 0 Å². The van der Waals surface area contributed by atoms with E-state index in [1.54, 1.807) is 0 Å². The van der Waals surface area contributed by atoms with Crippen LogP contribution in [0.5, 0.6) is 0 Å². The molecule has 2 rings (SSSR count). The first-order chi connectivity index (χ1) is 12.4. The Labute approximate surface area is 157 Å². The van der Waals surface area contributed by atoms with E-state index >= 15 is 0 Å². The fraction of sp³-hybridized carbons (Fsp3) is 0.188. The molecule has 1 amide bonds. The highest BCUT2D eigenvalue weighted by Gasteiger charge is 2.33. The number of hydrogen-bond acceptors (Lipinski definition) is 3. The molecule has 0 fully saturated rings. The van der Waals surface area contributed by atoms with Crippen molar-refractivity contribution < 1.29 is 30.8 Å². The van der Waals surface area contributed by atoms with Crippen molar-refractivity contribution in [1.82, 2.24) is 0 Å². The van der Waals surface area contributed by atoms with Crippen LogP contribution in [0.3, 0.4) is 0 Å². The highest BCUT2D eigenvalue weighted by molar-refractivity contribution is 7.92. The molecule has 0 bridgehead atoms. The lowest BCUT2D eigenvalue weighted by Crippen LogP contribution is -2.38. The molecule has 0 heterocycles. The quantitative estimate of drug-likeness (QED) is 0.740. The number of halogens is 5. The number of anilines is 2. The first-order valence-electron chi connectivity index (χ1n) is 7.28. The number of nitrogens with zero attached hydrogens (tertiary/aromatic N) is 1. The third-order valence-corrected chi connectivity index (χ3v) is 4.82. The molecule has 0 aliphatic carbocycles. The van der Waals surface area contributed by atoms with Crippen LogP contribution in [0.2, 0.25) is 5.02 Å². The van der Waals surface area contributed by atoms with Gasteiger partial charge in [0.25, 0.3) is 0 Å². The van der Waals surface area contributed by atoms with Crippen LogP contribution in [0.4, 0.5) is 28.9 Å². The van der Waals surface area contributed by atoms with E-state index < -0.39 is 45.7 Å². The second-order valence-electron chi connectivity index (χ2n) is 5.46. The molecule has 0 spiro atoms. The molecule has 27 heavy (non-hydrogen) atoms. The first-order valence-corrected chi connectivity index (χ1v) is 9.51. The summed E-state index contributed by atoms with van der Waals surface area (Å²) in [5.41, 5.74) is -1.85. The smallest absolute Gasteiger partial charge is 0.322 e. The van der Waals surface area contributed by atoms with Crippen LogP contribution < -0.4 is 9.62 Å². The summed E-state index contributed by atoms with van der Waals surface area (Å²) < 4.78 is 76.8. The van der Waals surface area contributed by atoms with E-state index in [2.05, 4.69) is 5.32 Å². The molecule has 0 unspecified atom stereocenters. The molecule has 0 atom stereocenters. The lowest BCUT2D eigenvalue weighted by molar-refractivity contribution is -0.137. The summed E-state index contributed by atoms with van der Waals surface area (Å²) in [6.45, 7) is -0.895. The van der Waals surface area contributed by atoms with E-state index in [4.69, 9.17) is 11.6 Å². The van der Waals surface area contributed by atoms with E-state index in [1.165, 1.54) is 18.2 Å². The van der Waals surface area contributed by atoms with Gasteiger partial charge in [0, 0.05) is 0 Å². The van der Waals surface area contributed by atoms with Gasteiger partial charge in [0.05, 0.1) is 28.2 Å². The van der Waals surface area contributed by atoms with Gasteiger partial charge in [-0.25, -0.2) is 12.8 Å². The van der Waals surface area contributed by atoms with Gasteiger partial charge in [-0.3, -0.25) is 9.10 Å². The summed E-state index contributed by atoms with van der Waals surface area (Å²) in [5.74, 6) is -1.71. The molecule has 0 radical (unpaired) electrons. The molecule has 2 aromatic carbocycles. The minimum absolute atomic E-state index is 0.203. The molecule has 0 saturated heterocycles. The number of sulfonamides is 1. The Morgan fingerprint density at radius 3 is 2.37 bits per heavy atom. The van der Waals surface area contributed by atoms with Crippen LogP contribution in [0.1, 0.15) is 5.56 Å². The van der Waals surface area contributed by atoms with Gasteiger partial charge in [-0.15, -0.1) is 0 Å². The largest absolute Gasteiger partial charge is 0.416 e. The van der Waals surface area contributed by atoms with Crippen LogP contribution in [-0.4, -0.2) is 27.1 Å². The summed E-state index contributed by atoms with van der Waals surface area (Å²) in [7, 11) is -4.17. The molecule has 0 aliphatic heterocycles. The number of hydrogen-bond donors (Lipinski definition) is 1. The average Bonchev–Trinajstić information content (AvgIpc) is 2.53. The zero-order chi connectivity index (χ0) is 20.4. The molecule has 5 nitrogen and oxygen atoms in total. The van der Waals surface area contributed by atoms with Crippen molar-refractivity contribution in [1.29, 1.82) is 0 Å². The Hall–Kier alpha value is -2.33. The normalized spacial score (nSPS) is 11.9. The minimum Gasteiger partial charge on any atom is -0.322 e. The summed E-state index contributed by atoms with van der Waals surface area (Å²) in [6, 6.07) is 7.24. The predicted octanol–water partition coefficient (Wildman–Crippen LogP) is 3.90. The van der Waals surface area contributed by atoms with Gasteiger partial charge in [0.2, 0.25) is 15.9 Å². The fourth-order valence-corrected chi connectivity index (χ4v) is 3.27. The number of rotatable bonds is 5. The molecule has 1 N–H and O–H groups in total. The van der Waals surface area contributed by atoms with Crippen LogP contribution in [0.25, 0.3) is 0 Å². The number of carbonyl (C=O) groups is 1. The summed E-state index contributed by atoms with van der Waals surface area (Å²) >= 11 is 5.85. The third kappa shape index (κ3) is 5.33. The van der Waals surface area contributed by atoms with Crippen LogP contribution in [0, 0.1) is 5.82 Å². The van der Waals surface area contributed by atoms with E-state index in [0.717, 1.165) is 12.1 Å².